The molecule has 17 heavy (non-hydrogen) atoms. The highest BCUT2D eigenvalue weighted by Crippen LogP contribution is 2.16. The first-order chi connectivity index (χ1) is 7.73. The fraction of sp³-hybridized carbons (Fsp3) is 0.909. The number of piperidine rings is 1. The zero-order chi connectivity index (χ0) is 13.2. The van der Waals surface area contributed by atoms with Crippen LogP contribution in [0.5, 0.6) is 0 Å². The van der Waals surface area contributed by atoms with Gasteiger partial charge in [-0.05, 0) is 32.7 Å². The van der Waals surface area contributed by atoms with Crippen molar-refractivity contribution in [2.24, 2.45) is 5.92 Å². The van der Waals surface area contributed by atoms with Crippen molar-refractivity contribution < 1.29 is 13.2 Å². The Hall–Kier alpha value is -0.620. The zero-order valence-electron chi connectivity index (χ0n) is 10.9. The lowest BCUT2D eigenvalue weighted by Crippen LogP contribution is -2.57. The Labute approximate surface area is 103 Å². The third-order valence-corrected chi connectivity index (χ3v) is 5.04. The number of nitrogens with one attached hydrogen (secondary N) is 2. The number of sulfone groups is 1. The summed E-state index contributed by atoms with van der Waals surface area (Å²) in [5.74, 6) is -0.0399. The second kappa shape index (κ2) is 5.35. The second-order valence-electron chi connectivity index (χ2n) is 5.01. The Kier molecular flexibility index (Phi) is 4.55. The van der Waals surface area contributed by atoms with E-state index in [1.807, 2.05) is 6.92 Å². The monoisotopic (exact) mass is 262 g/mol. The van der Waals surface area contributed by atoms with E-state index in [0.717, 1.165) is 19.2 Å². The van der Waals surface area contributed by atoms with Crippen LogP contribution in [0.3, 0.4) is 0 Å². The van der Waals surface area contributed by atoms with Crippen LogP contribution in [0.2, 0.25) is 0 Å². The average molecular weight is 262 g/mol. The topological polar surface area (TPSA) is 75.3 Å². The minimum atomic E-state index is -3.32. The molecule has 6 heteroatoms. The third-order valence-electron chi connectivity index (χ3n) is 3.54. The summed E-state index contributed by atoms with van der Waals surface area (Å²) < 4.78 is 22.6. The highest BCUT2D eigenvalue weighted by Gasteiger charge is 2.32. The minimum Gasteiger partial charge on any atom is -0.350 e. The molecular formula is C11H22N2O3S. The third kappa shape index (κ3) is 3.67. The molecule has 4 unspecified atom stereocenters. The van der Waals surface area contributed by atoms with Crippen molar-refractivity contribution in [1.29, 1.82) is 0 Å². The number of hydrogen-bond acceptors (Lipinski definition) is 4. The van der Waals surface area contributed by atoms with Gasteiger partial charge in [-0.15, -0.1) is 0 Å². The molecule has 0 bridgehead atoms. The van der Waals surface area contributed by atoms with Crippen molar-refractivity contribution in [1.82, 2.24) is 10.6 Å². The van der Waals surface area contributed by atoms with E-state index in [1.165, 1.54) is 6.92 Å². The molecule has 5 nitrogen and oxygen atoms in total. The van der Waals surface area contributed by atoms with E-state index in [9.17, 15) is 13.2 Å². The van der Waals surface area contributed by atoms with Crippen molar-refractivity contribution in [2.75, 3.05) is 12.8 Å². The standard InChI is InChI=1S/C11H22N2O3S/c1-7-5-6-12-8(2)10(7)13-11(14)9(3)17(4,15)16/h7-10,12H,5-6H2,1-4H3,(H,13,14). The number of hydrogen-bond donors (Lipinski definition) is 2. The van der Waals surface area contributed by atoms with Gasteiger partial charge in [-0.25, -0.2) is 8.42 Å². The van der Waals surface area contributed by atoms with E-state index < -0.39 is 21.0 Å². The molecule has 100 valence electrons. The lowest BCUT2D eigenvalue weighted by molar-refractivity contribution is -0.121. The molecule has 1 saturated heterocycles. The quantitative estimate of drug-likeness (QED) is 0.746. The van der Waals surface area contributed by atoms with E-state index in [0.29, 0.717) is 5.92 Å². The summed E-state index contributed by atoms with van der Waals surface area (Å²) in [6, 6.07) is 0.176. The maximum absolute atomic E-state index is 11.8. The molecule has 0 aromatic heterocycles. The maximum Gasteiger partial charge on any atom is 0.238 e. The molecule has 1 fully saturated rings. The van der Waals surface area contributed by atoms with Gasteiger partial charge in [-0.3, -0.25) is 4.79 Å². The van der Waals surface area contributed by atoms with Crippen LogP contribution in [0.4, 0.5) is 0 Å². The molecular weight excluding hydrogens is 240 g/mol. The molecule has 0 radical (unpaired) electrons. The molecule has 0 aromatic carbocycles. The van der Waals surface area contributed by atoms with Crippen molar-refractivity contribution in [3.8, 4) is 0 Å². The van der Waals surface area contributed by atoms with Crippen LogP contribution in [-0.2, 0) is 14.6 Å². The largest absolute Gasteiger partial charge is 0.350 e. The molecule has 0 spiro atoms. The van der Waals surface area contributed by atoms with Crippen LogP contribution in [0.25, 0.3) is 0 Å². The fourth-order valence-electron chi connectivity index (χ4n) is 2.08. The van der Waals surface area contributed by atoms with Gasteiger partial charge in [0, 0.05) is 18.3 Å². The smallest absolute Gasteiger partial charge is 0.238 e. The normalized spacial score (nSPS) is 31.9. The summed E-state index contributed by atoms with van der Waals surface area (Å²) in [5, 5.41) is 5.14. The van der Waals surface area contributed by atoms with Gasteiger partial charge in [0.2, 0.25) is 5.91 Å². The summed E-state index contributed by atoms with van der Waals surface area (Å²) in [6.45, 7) is 6.45. The van der Waals surface area contributed by atoms with E-state index in [4.69, 9.17) is 0 Å². The van der Waals surface area contributed by atoms with Gasteiger partial charge in [0.25, 0.3) is 0 Å². The lowest BCUT2D eigenvalue weighted by atomic mass is 9.89. The Morgan fingerprint density at radius 1 is 1.41 bits per heavy atom. The van der Waals surface area contributed by atoms with Gasteiger partial charge in [0.05, 0.1) is 0 Å². The fourth-order valence-corrected chi connectivity index (χ4v) is 2.54. The van der Waals surface area contributed by atoms with Crippen LogP contribution in [0.1, 0.15) is 27.2 Å². The summed E-state index contributed by atoms with van der Waals surface area (Å²) in [6.07, 6.45) is 2.08. The summed E-state index contributed by atoms with van der Waals surface area (Å²) in [4.78, 5) is 11.8. The minimum absolute atomic E-state index is 0.000417. The summed E-state index contributed by atoms with van der Waals surface area (Å²) in [5.41, 5.74) is 0. The van der Waals surface area contributed by atoms with Crippen LogP contribution < -0.4 is 10.6 Å². The van der Waals surface area contributed by atoms with Gasteiger partial charge in [-0.1, -0.05) is 6.92 Å². The lowest BCUT2D eigenvalue weighted by Gasteiger charge is -2.36. The predicted octanol–water partition coefficient (Wildman–Crippen LogP) is -0.0778. The van der Waals surface area contributed by atoms with Crippen LogP contribution >= 0.6 is 0 Å². The van der Waals surface area contributed by atoms with Crippen molar-refractivity contribution in [2.45, 2.75) is 44.5 Å². The first kappa shape index (κ1) is 14.4. The summed E-state index contributed by atoms with van der Waals surface area (Å²) in [7, 11) is -3.32. The van der Waals surface area contributed by atoms with Gasteiger partial charge >= 0.3 is 0 Å². The highest BCUT2D eigenvalue weighted by molar-refractivity contribution is 7.92. The van der Waals surface area contributed by atoms with Gasteiger partial charge in [0.1, 0.15) is 5.25 Å². The Balaban J connectivity index is 2.67. The molecule has 1 aliphatic heterocycles. The number of amides is 1. The van der Waals surface area contributed by atoms with Crippen LogP contribution in [-0.4, -0.2) is 44.5 Å². The number of rotatable bonds is 3. The molecule has 1 aliphatic rings. The Bertz CT molecular complexity index is 370. The van der Waals surface area contributed by atoms with E-state index in [2.05, 4.69) is 17.6 Å². The van der Waals surface area contributed by atoms with Gasteiger partial charge < -0.3 is 10.6 Å². The van der Waals surface area contributed by atoms with Crippen LogP contribution in [0, 0.1) is 5.92 Å². The van der Waals surface area contributed by atoms with Gasteiger partial charge in [0.15, 0.2) is 9.84 Å². The van der Waals surface area contributed by atoms with Crippen LogP contribution in [0.15, 0.2) is 0 Å². The van der Waals surface area contributed by atoms with Gasteiger partial charge in [-0.2, -0.15) is 0 Å². The molecule has 0 aliphatic carbocycles. The van der Waals surface area contributed by atoms with E-state index in [1.54, 1.807) is 0 Å². The SMILES string of the molecule is CC1CCNC(C)C1NC(=O)C(C)S(C)(=O)=O. The molecule has 4 atom stereocenters. The molecule has 1 amide bonds. The Morgan fingerprint density at radius 2 is 2.00 bits per heavy atom. The van der Waals surface area contributed by atoms with Crippen molar-refractivity contribution >= 4 is 15.7 Å². The molecule has 2 N–H and O–H groups in total. The van der Waals surface area contributed by atoms with E-state index >= 15 is 0 Å². The van der Waals surface area contributed by atoms with Crippen molar-refractivity contribution in [3.05, 3.63) is 0 Å². The first-order valence-electron chi connectivity index (χ1n) is 5.96. The number of carbonyl (C=O) groups is 1. The summed E-state index contributed by atoms with van der Waals surface area (Å²) >= 11 is 0. The molecule has 0 saturated carbocycles. The first-order valence-corrected chi connectivity index (χ1v) is 7.91. The highest BCUT2D eigenvalue weighted by atomic mass is 32.2. The van der Waals surface area contributed by atoms with Crippen molar-refractivity contribution in [3.63, 3.8) is 0 Å². The number of carbonyl (C=O) groups excluding carboxylic acids is 1. The molecule has 1 rings (SSSR count). The Morgan fingerprint density at radius 3 is 2.47 bits per heavy atom. The maximum atomic E-state index is 11.8. The average Bonchev–Trinajstić information content (AvgIpc) is 2.21. The van der Waals surface area contributed by atoms with E-state index in [-0.39, 0.29) is 12.1 Å². The predicted molar refractivity (Wildman–Crippen MR) is 67.5 cm³/mol. The molecule has 1 heterocycles. The molecule has 0 aromatic rings. The zero-order valence-corrected chi connectivity index (χ0v) is 11.7. The second-order valence-corrected chi connectivity index (χ2v) is 7.38.